The summed E-state index contributed by atoms with van der Waals surface area (Å²) < 4.78 is 19.0. The van der Waals surface area contributed by atoms with Crippen molar-refractivity contribution in [2.75, 3.05) is 13.1 Å². The van der Waals surface area contributed by atoms with Crippen LogP contribution in [0, 0.1) is 12.7 Å². The smallest absolute Gasteiger partial charge is 0.126 e. The molecule has 1 N–H and O–H groups in total. The van der Waals surface area contributed by atoms with Gasteiger partial charge in [0.05, 0.1) is 6.10 Å². The number of hydrogen-bond donors (Lipinski definition) is 1. The number of benzene rings is 1. The zero-order valence-electron chi connectivity index (χ0n) is 9.63. The van der Waals surface area contributed by atoms with Crippen molar-refractivity contribution in [1.29, 1.82) is 0 Å². The molecular formula is C13H18FNO. The zero-order chi connectivity index (χ0) is 11.4. The van der Waals surface area contributed by atoms with Gasteiger partial charge in [-0.1, -0.05) is 6.07 Å². The molecule has 16 heavy (non-hydrogen) atoms. The van der Waals surface area contributed by atoms with E-state index in [0.717, 1.165) is 37.9 Å². The third-order valence-electron chi connectivity index (χ3n) is 2.97. The van der Waals surface area contributed by atoms with Crippen molar-refractivity contribution in [2.45, 2.75) is 32.3 Å². The maximum absolute atomic E-state index is 13.1. The molecule has 88 valence electrons. The lowest BCUT2D eigenvalue weighted by molar-refractivity contribution is 0.185. The van der Waals surface area contributed by atoms with Crippen LogP contribution in [0.5, 0.6) is 5.75 Å². The molecule has 1 aromatic carbocycles. The Morgan fingerprint density at radius 3 is 3.06 bits per heavy atom. The fourth-order valence-corrected chi connectivity index (χ4v) is 1.99. The van der Waals surface area contributed by atoms with Gasteiger partial charge in [0, 0.05) is 6.07 Å². The van der Waals surface area contributed by atoms with Gasteiger partial charge in [0.2, 0.25) is 0 Å². The highest BCUT2D eigenvalue weighted by atomic mass is 19.1. The fourth-order valence-electron chi connectivity index (χ4n) is 1.99. The average molecular weight is 223 g/mol. The summed E-state index contributed by atoms with van der Waals surface area (Å²) in [5.74, 6) is 0.458. The minimum Gasteiger partial charge on any atom is -0.490 e. The Kier molecular flexibility index (Phi) is 3.78. The molecule has 0 aromatic heterocycles. The van der Waals surface area contributed by atoms with E-state index in [4.69, 9.17) is 4.74 Å². The molecule has 0 saturated carbocycles. The minimum absolute atomic E-state index is 0.218. The maximum Gasteiger partial charge on any atom is 0.126 e. The third-order valence-corrected chi connectivity index (χ3v) is 2.97. The lowest BCUT2D eigenvalue weighted by Gasteiger charge is -2.18. The van der Waals surface area contributed by atoms with E-state index in [0.29, 0.717) is 5.75 Å². The van der Waals surface area contributed by atoms with Crippen LogP contribution >= 0.6 is 0 Å². The van der Waals surface area contributed by atoms with Crippen LogP contribution in [0.4, 0.5) is 4.39 Å². The Bertz CT molecular complexity index is 346. The van der Waals surface area contributed by atoms with Gasteiger partial charge in [-0.25, -0.2) is 4.39 Å². The van der Waals surface area contributed by atoms with Crippen LogP contribution in [-0.4, -0.2) is 19.2 Å². The van der Waals surface area contributed by atoms with Gasteiger partial charge in [0.1, 0.15) is 11.6 Å². The predicted molar refractivity (Wildman–Crippen MR) is 62.3 cm³/mol. The van der Waals surface area contributed by atoms with E-state index in [2.05, 4.69) is 5.32 Å². The Balaban J connectivity index is 2.04. The second kappa shape index (κ2) is 5.30. The standard InChI is InChI=1S/C13H18FNO/c1-10-4-5-11(14)9-13(10)16-12-3-2-7-15-8-6-12/h4-5,9,12,15H,2-3,6-8H2,1H3. The van der Waals surface area contributed by atoms with E-state index < -0.39 is 0 Å². The quantitative estimate of drug-likeness (QED) is 0.832. The highest BCUT2D eigenvalue weighted by Gasteiger charge is 2.14. The normalized spacial score (nSPS) is 21.5. The topological polar surface area (TPSA) is 21.3 Å². The van der Waals surface area contributed by atoms with Crippen molar-refractivity contribution >= 4 is 0 Å². The molecule has 1 atom stereocenters. The summed E-state index contributed by atoms with van der Waals surface area (Å²) in [5.41, 5.74) is 0.999. The molecule has 1 heterocycles. The van der Waals surface area contributed by atoms with Crippen LogP contribution < -0.4 is 10.1 Å². The molecule has 1 fully saturated rings. The summed E-state index contributed by atoms with van der Waals surface area (Å²) in [5, 5.41) is 3.33. The van der Waals surface area contributed by atoms with Gasteiger partial charge in [-0.15, -0.1) is 0 Å². The second-order valence-electron chi connectivity index (χ2n) is 4.33. The van der Waals surface area contributed by atoms with Crippen molar-refractivity contribution in [3.05, 3.63) is 29.6 Å². The number of hydrogen-bond acceptors (Lipinski definition) is 2. The van der Waals surface area contributed by atoms with E-state index >= 15 is 0 Å². The summed E-state index contributed by atoms with van der Waals surface area (Å²) >= 11 is 0. The lowest BCUT2D eigenvalue weighted by atomic mass is 10.1. The molecule has 2 nitrogen and oxygen atoms in total. The van der Waals surface area contributed by atoms with E-state index in [9.17, 15) is 4.39 Å². The Hall–Kier alpha value is -1.09. The zero-order valence-corrected chi connectivity index (χ0v) is 9.63. The maximum atomic E-state index is 13.1. The molecule has 0 spiro atoms. The first-order valence-electron chi connectivity index (χ1n) is 5.89. The van der Waals surface area contributed by atoms with Crippen molar-refractivity contribution in [2.24, 2.45) is 0 Å². The molecule has 1 aliphatic rings. The summed E-state index contributed by atoms with van der Waals surface area (Å²) in [6.07, 6.45) is 3.38. The average Bonchev–Trinajstić information content (AvgIpc) is 2.52. The second-order valence-corrected chi connectivity index (χ2v) is 4.33. The summed E-state index contributed by atoms with van der Waals surface area (Å²) in [7, 11) is 0. The van der Waals surface area contributed by atoms with Gasteiger partial charge < -0.3 is 10.1 Å². The Morgan fingerprint density at radius 2 is 2.19 bits per heavy atom. The van der Waals surface area contributed by atoms with Crippen molar-refractivity contribution < 1.29 is 9.13 Å². The summed E-state index contributed by atoms with van der Waals surface area (Å²) in [4.78, 5) is 0. The van der Waals surface area contributed by atoms with Crippen LogP contribution in [0.25, 0.3) is 0 Å². The number of aryl methyl sites for hydroxylation is 1. The number of ether oxygens (including phenoxy) is 1. The van der Waals surface area contributed by atoms with E-state index in [1.807, 2.05) is 6.92 Å². The Morgan fingerprint density at radius 1 is 1.31 bits per heavy atom. The third kappa shape index (κ3) is 2.95. The number of rotatable bonds is 2. The van der Waals surface area contributed by atoms with Crippen LogP contribution in [0.1, 0.15) is 24.8 Å². The van der Waals surface area contributed by atoms with Crippen molar-refractivity contribution in [1.82, 2.24) is 5.32 Å². The predicted octanol–water partition coefficient (Wildman–Crippen LogP) is 2.66. The number of halogens is 1. The van der Waals surface area contributed by atoms with Gasteiger partial charge in [-0.3, -0.25) is 0 Å². The minimum atomic E-state index is -0.229. The molecule has 1 unspecified atom stereocenters. The first kappa shape index (κ1) is 11.4. The van der Waals surface area contributed by atoms with Crippen LogP contribution in [0.3, 0.4) is 0 Å². The summed E-state index contributed by atoms with van der Waals surface area (Å²) in [6.45, 7) is 3.99. The van der Waals surface area contributed by atoms with Crippen molar-refractivity contribution in [3.8, 4) is 5.75 Å². The molecule has 0 aliphatic carbocycles. The molecule has 1 aromatic rings. The molecule has 0 amide bonds. The molecule has 2 rings (SSSR count). The Labute approximate surface area is 95.8 Å². The van der Waals surface area contributed by atoms with Gasteiger partial charge in [0.15, 0.2) is 0 Å². The number of nitrogens with one attached hydrogen (secondary N) is 1. The highest BCUT2D eigenvalue weighted by molar-refractivity contribution is 5.32. The van der Waals surface area contributed by atoms with Gasteiger partial charge in [-0.2, -0.15) is 0 Å². The summed E-state index contributed by atoms with van der Waals surface area (Å²) in [6, 6.07) is 4.71. The molecule has 1 saturated heterocycles. The monoisotopic (exact) mass is 223 g/mol. The van der Waals surface area contributed by atoms with Gasteiger partial charge in [0.25, 0.3) is 0 Å². The van der Waals surface area contributed by atoms with E-state index in [1.165, 1.54) is 12.1 Å². The van der Waals surface area contributed by atoms with E-state index in [-0.39, 0.29) is 11.9 Å². The highest BCUT2D eigenvalue weighted by Crippen LogP contribution is 2.22. The van der Waals surface area contributed by atoms with Gasteiger partial charge >= 0.3 is 0 Å². The first-order chi connectivity index (χ1) is 7.75. The molecule has 3 heteroatoms. The lowest BCUT2D eigenvalue weighted by Crippen LogP contribution is -2.19. The SMILES string of the molecule is Cc1ccc(F)cc1OC1CCCNCC1. The molecule has 0 radical (unpaired) electrons. The largest absolute Gasteiger partial charge is 0.490 e. The van der Waals surface area contributed by atoms with Crippen LogP contribution in [-0.2, 0) is 0 Å². The first-order valence-corrected chi connectivity index (χ1v) is 5.89. The molecule has 0 bridgehead atoms. The van der Waals surface area contributed by atoms with Crippen LogP contribution in [0.2, 0.25) is 0 Å². The fraction of sp³-hybridized carbons (Fsp3) is 0.538. The van der Waals surface area contributed by atoms with Gasteiger partial charge in [-0.05, 0) is 50.9 Å². The van der Waals surface area contributed by atoms with Crippen LogP contribution in [0.15, 0.2) is 18.2 Å². The van der Waals surface area contributed by atoms with E-state index in [1.54, 1.807) is 6.07 Å². The molecule has 1 aliphatic heterocycles. The molecular weight excluding hydrogens is 205 g/mol. The van der Waals surface area contributed by atoms with Crippen molar-refractivity contribution in [3.63, 3.8) is 0 Å².